The highest BCUT2D eigenvalue weighted by atomic mass is 32.2. The van der Waals surface area contributed by atoms with E-state index >= 15 is 0 Å². The van der Waals surface area contributed by atoms with Crippen LogP contribution in [0.1, 0.15) is 21.5 Å². The van der Waals surface area contributed by atoms with Crippen molar-refractivity contribution in [2.45, 2.75) is 24.1 Å². The Balaban J connectivity index is 1.61. The summed E-state index contributed by atoms with van der Waals surface area (Å²) in [5.41, 5.74) is 0.898. The molecule has 0 unspecified atom stereocenters. The molecule has 2 aromatic carbocycles. The molecule has 1 amide bonds. The summed E-state index contributed by atoms with van der Waals surface area (Å²) in [5.74, 6) is -1.01. The fraction of sp³-hybridized carbons (Fsp3) is 0.316. The molecule has 0 aliphatic carbocycles. The molecular weight excluding hydrogens is 444 g/mol. The summed E-state index contributed by atoms with van der Waals surface area (Å²) < 4.78 is 88.0. The lowest BCUT2D eigenvalue weighted by atomic mass is 10.1. The standard InChI is InChI=1S/C19H18F4N2O5S/c20-15-7-13(17-14(8-15)9-29-11-30-17)5-6-25-31(27,28)16-3-1-12(2-4-16)18(26)24-10-19(21,22)23/h1-4,7-8,25H,5-6,9-11H2,(H,24,26). The van der Waals surface area contributed by atoms with Gasteiger partial charge in [-0.2, -0.15) is 13.2 Å². The number of amides is 1. The molecular formula is C19H18F4N2O5S. The zero-order valence-electron chi connectivity index (χ0n) is 16.0. The van der Waals surface area contributed by atoms with E-state index in [0.29, 0.717) is 16.9 Å². The minimum Gasteiger partial charge on any atom is -0.467 e. The average molecular weight is 462 g/mol. The maximum Gasteiger partial charge on any atom is 0.405 e. The molecule has 7 nitrogen and oxygen atoms in total. The molecule has 0 aromatic heterocycles. The number of benzene rings is 2. The highest BCUT2D eigenvalue weighted by Gasteiger charge is 2.28. The molecule has 0 spiro atoms. The second-order valence-corrected chi connectivity index (χ2v) is 8.40. The third-order valence-corrected chi connectivity index (χ3v) is 5.79. The SMILES string of the molecule is O=C(NCC(F)(F)F)c1ccc(S(=O)(=O)NCCc2cc(F)cc3c2OCOC3)cc1. The number of carbonyl (C=O) groups excluding carboxylic acids is 1. The van der Waals surface area contributed by atoms with Crippen molar-refractivity contribution in [2.75, 3.05) is 19.9 Å². The molecule has 0 fully saturated rings. The molecule has 1 aliphatic rings. The molecule has 1 heterocycles. The number of alkyl halides is 3. The first kappa shape index (κ1) is 23.0. The Morgan fingerprint density at radius 1 is 1.13 bits per heavy atom. The number of hydrogen-bond acceptors (Lipinski definition) is 5. The smallest absolute Gasteiger partial charge is 0.405 e. The van der Waals surface area contributed by atoms with Gasteiger partial charge in [0, 0.05) is 17.7 Å². The lowest BCUT2D eigenvalue weighted by Crippen LogP contribution is -2.33. The predicted octanol–water partition coefficient (Wildman–Crippen LogP) is 2.51. The third-order valence-electron chi connectivity index (χ3n) is 4.31. The normalized spacial score (nSPS) is 13.9. The van der Waals surface area contributed by atoms with Crippen molar-refractivity contribution in [3.05, 3.63) is 58.9 Å². The molecule has 0 atom stereocenters. The summed E-state index contributed by atoms with van der Waals surface area (Å²) in [6.07, 6.45) is -4.40. The van der Waals surface area contributed by atoms with Crippen LogP contribution in [0.4, 0.5) is 17.6 Å². The van der Waals surface area contributed by atoms with Crippen LogP contribution in [-0.4, -0.2) is 40.4 Å². The van der Waals surface area contributed by atoms with E-state index in [2.05, 4.69) is 4.72 Å². The number of sulfonamides is 1. The quantitative estimate of drug-likeness (QED) is 0.617. The molecule has 168 valence electrons. The fourth-order valence-electron chi connectivity index (χ4n) is 2.91. The van der Waals surface area contributed by atoms with Gasteiger partial charge in [0.2, 0.25) is 10.0 Å². The number of hydrogen-bond donors (Lipinski definition) is 2. The van der Waals surface area contributed by atoms with E-state index in [4.69, 9.17) is 9.47 Å². The van der Waals surface area contributed by atoms with E-state index in [-0.39, 0.29) is 36.8 Å². The van der Waals surface area contributed by atoms with Crippen molar-refractivity contribution in [1.29, 1.82) is 0 Å². The van der Waals surface area contributed by atoms with Crippen LogP contribution in [0, 0.1) is 5.82 Å². The Kier molecular flexibility index (Phi) is 6.82. The Bertz CT molecular complexity index is 1060. The third kappa shape index (κ3) is 6.15. The van der Waals surface area contributed by atoms with Gasteiger partial charge in [-0.15, -0.1) is 0 Å². The van der Waals surface area contributed by atoms with Crippen molar-refractivity contribution in [3.63, 3.8) is 0 Å². The fourth-order valence-corrected chi connectivity index (χ4v) is 3.95. The maximum absolute atomic E-state index is 13.8. The van der Waals surface area contributed by atoms with Crippen LogP contribution in [0.5, 0.6) is 5.75 Å². The Morgan fingerprint density at radius 3 is 2.52 bits per heavy atom. The number of ether oxygens (including phenoxy) is 2. The van der Waals surface area contributed by atoms with Crippen molar-refractivity contribution in [2.24, 2.45) is 0 Å². The van der Waals surface area contributed by atoms with Gasteiger partial charge < -0.3 is 14.8 Å². The summed E-state index contributed by atoms with van der Waals surface area (Å²) in [6, 6.07) is 6.97. The molecule has 3 rings (SSSR count). The van der Waals surface area contributed by atoms with Crippen LogP contribution in [0.25, 0.3) is 0 Å². The summed E-state index contributed by atoms with van der Waals surface area (Å²) in [4.78, 5) is 11.5. The van der Waals surface area contributed by atoms with E-state index in [0.717, 1.165) is 24.3 Å². The molecule has 12 heteroatoms. The van der Waals surface area contributed by atoms with Crippen LogP contribution >= 0.6 is 0 Å². The van der Waals surface area contributed by atoms with Crippen LogP contribution in [0.15, 0.2) is 41.3 Å². The van der Waals surface area contributed by atoms with Crippen molar-refractivity contribution in [3.8, 4) is 5.75 Å². The van der Waals surface area contributed by atoms with Gasteiger partial charge in [0.25, 0.3) is 5.91 Å². The van der Waals surface area contributed by atoms with Crippen molar-refractivity contribution >= 4 is 15.9 Å². The second kappa shape index (κ2) is 9.20. The van der Waals surface area contributed by atoms with Crippen LogP contribution in [-0.2, 0) is 27.8 Å². The topological polar surface area (TPSA) is 93.7 Å². The number of rotatable bonds is 7. The maximum atomic E-state index is 13.8. The average Bonchev–Trinajstić information content (AvgIpc) is 2.71. The molecule has 0 saturated carbocycles. The summed E-state index contributed by atoms with van der Waals surface area (Å²) >= 11 is 0. The number of nitrogens with one attached hydrogen (secondary N) is 2. The van der Waals surface area contributed by atoms with Gasteiger partial charge in [0.1, 0.15) is 18.1 Å². The summed E-state index contributed by atoms with van der Waals surface area (Å²) in [7, 11) is -3.96. The van der Waals surface area contributed by atoms with Gasteiger partial charge >= 0.3 is 6.18 Å². The Morgan fingerprint density at radius 2 is 1.84 bits per heavy atom. The largest absolute Gasteiger partial charge is 0.467 e. The highest BCUT2D eigenvalue weighted by Crippen LogP contribution is 2.29. The molecule has 31 heavy (non-hydrogen) atoms. The second-order valence-electron chi connectivity index (χ2n) is 6.63. The van der Waals surface area contributed by atoms with Gasteiger partial charge in [-0.25, -0.2) is 17.5 Å². The number of fused-ring (bicyclic) bond motifs is 1. The van der Waals surface area contributed by atoms with E-state index in [9.17, 15) is 30.8 Å². The van der Waals surface area contributed by atoms with Gasteiger partial charge in [-0.05, 0) is 48.4 Å². The number of halogens is 4. The lowest BCUT2D eigenvalue weighted by Gasteiger charge is -2.21. The van der Waals surface area contributed by atoms with Crippen LogP contribution < -0.4 is 14.8 Å². The summed E-state index contributed by atoms with van der Waals surface area (Å²) in [5, 5.41) is 1.70. The monoisotopic (exact) mass is 462 g/mol. The van der Waals surface area contributed by atoms with Crippen LogP contribution in [0.2, 0.25) is 0 Å². The minimum absolute atomic E-state index is 0.0141. The van der Waals surface area contributed by atoms with Gasteiger partial charge in [-0.3, -0.25) is 4.79 Å². The minimum atomic E-state index is -4.55. The van der Waals surface area contributed by atoms with E-state index in [1.165, 1.54) is 12.1 Å². The Hall–Kier alpha value is -2.70. The van der Waals surface area contributed by atoms with Gasteiger partial charge in [0.05, 0.1) is 11.5 Å². The van der Waals surface area contributed by atoms with Gasteiger partial charge in [-0.1, -0.05) is 0 Å². The van der Waals surface area contributed by atoms with Crippen LogP contribution in [0.3, 0.4) is 0 Å². The molecule has 2 aromatic rings. The lowest BCUT2D eigenvalue weighted by molar-refractivity contribution is -0.123. The molecule has 2 N–H and O–H groups in total. The van der Waals surface area contributed by atoms with E-state index < -0.39 is 34.5 Å². The first-order valence-electron chi connectivity index (χ1n) is 9.02. The summed E-state index contributed by atoms with van der Waals surface area (Å²) in [6.45, 7) is -1.35. The predicted molar refractivity (Wildman–Crippen MR) is 100 cm³/mol. The van der Waals surface area contributed by atoms with Gasteiger partial charge in [0.15, 0.2) is 6.79 Å². The molecule has 1 aliphatic heterocycles. The van der Waals surface area contributed by atoms with Crippen molar-refractivity contribution in [1.82, 2.24) is 10.0 Å². The number of carbonyl (C=O) groups is 1. The van der Waals surface area contributed by atoms with E-state index in [1.807, 2.05) is 0 Å². The zero-order valence-corrected chi connectivity index (χ0v) is 16.8. The first-order chi connectivity index (χ1) is 14.5. The van der Waals surface area contributed by atoms with Crippen molar-refractivity contribution < 1.29 is 40.2 Å². The first-order valence-corrected chi connectivity index (χ1v) is 10.5. The molecule has 0 radical (unpaired) electrons. The van der Waals surface area contributed by atoms with E-state index in [1.54, 1.807) is 5.32 Å². The molecule has 0 saturated heterocycles. The Labute approximate surface area is 175 Å². The molecule has 0 bridgehead atoms. The highest BCUT2D eigenvalue weighted by molar-refractivity contribution is 7.89. The zero-order chi connectivity index (χ0) is 22.6.